The van der Waals surface area contributed by atoms with E-state index in [-0.39, 0.29) is 11.4 Å². The van der Waals surface area contributed by atoms with E-state index in [1.165, 1.54) is 11.1 Å². The highest BCUT2D eigenvalue weighted by Crippen LogP contribution is 2.46. The molecule has 1 heterocycles. The number of aromatic hydroxyl groups is 1. The monoisotopic (exact) mass is 240 g/mol. The predicted octanol–water partition coefficient (Wildman–Crippen LogP) is 4.00. The average Bonchev–Trinajstić information content (AvgIpc) is 2.32. The van der Waals surface area contributed by atoms with Crippen LogP contribution in [-0.4, -0.2) is 5.11 Å². The maximum atomic E-state index is 9.81. The molecule has 0 fully saturated rings. The number of phenolic OH excluding ortho intramolecular Hbond substituents is 1. The van der Waals surface area contributed by atoms with Crippen LogP contribution in [-0.2, 0) is 5.60 Å². The standard InChI is InChI=1S/C16H16O2/c1-10-8-12-11-6-4-5-7-13(11)16(2,3)18-15(12)9-14(10)17/h4-9,17H,1-3H3. The average molecular weight is 240 g/mol. The molecule has 2 heteroatoms. The van der Waals surface area contributed by atoms with Gasteiger partial charge in [-0.3, -0.25) is 0 Å². The molecule has 0 aliphatic carbocycles. The molecular formula is C16H16O2. The molecule has 0 aromatic heterocycles. The van der Waals surface area contributed by atoms with E-state index in [4.69, 9.17) is 4.74 Å². The molecule has 2 nitrogen and oxygen atoms in total. The van der Waals surface area contributed by atoms with Crippen molar-refractivity contribution in [2.45, 2.75) is 26.4 Å². The lowest BCUT2D eigenvalue weighted by atomic mass is 9.86. The molecule has 1 aliphatic rings. The van der Waals surface area contributed by atoms with Crippen molar-refractivity contribution in [1.82, 2.24) is 0 Å². The highest BCUT2D eigenvalue weighted by molar-refractivity contribution is 5.78. The van der Waals surface area contributed by atoms with Gasteiger partial charge in [0.1, 0.15) is 17.1 Å². The van der Waals surface area contributed by atoms with E-state index in [2.05, 4.69) is 12.1 Å². The van der Waals surface area contributed by atoms with Crippen molar-refractivity contribution in [3.63, 3.8) is 0 Å². The van der Waals surface area contributed by atoms with Crippen LogP contribution in [0.3, 0.4) is 0 Å². The molecule has 1 N–H and O–H groups in total. The molecule has 0 saturated heterocycles. The topological polar surface area (TPSA) is 29.5 Å². The minimum atomic E-state index is -0.370. The number of fused-ring (bicyclic) bond motifs is 3. The Labute approximate surface area is 107 Å². The number of hydrogen-bond donors (Lipinski definition) is 1. The SMILES string of the molecule is Cc1cc2c(cc1O)OC(C)(C)c1ccccc1-2. The third kappa shape index (κ3) is 1.49. The second-order valence-corrected chi connectivity index (χ2v) is 5.29. The van der Waals surface area contributed by atoms with Crippen LogP contribution in [0.1, 0.15) is 25.0 Å². The van der Waals surface area contributed by atoms with E-state index in [1.807, 2.05) is 39.0 Å². The predicted molar refractivity (Wildman–Crippen MR) is 71.9 cm³/mol. The number of rotatable bonds is 0. The van der Waals surface area contributed by atoms with E-state index in [1.54, 1.807) is 6.07 Å². The van der Waals surface area contributed by atoms with Crippen molar-refractivity contribution in [1.29, 1.82) is 0 Å². The van der Waals surface area contributed by atoms with Gasteiger partial charge in [0.25, 0.3) is 0 Å². The van der Waals surface area contributed by atoms with Gasteiger partial charge in [0, 0.05) is 17.2 Å². The highest BCUT2D eigenvalue weighted by atomic mass is 16.5. The summed E-state index contributed by atoms with van der Waals surface area (Å²) in [6.07, 6.45) is 0. The van der Waals surface area contributed by atoms with E-state index in [0.717, 1.165) is 16.9 Å². The van der Waals surface area contributed by atoms with Crippen molar-refractivity contribution in [3.05, 3.63) is 47.5 Å². The minimum absolute atomic E-state index is 0.281. The summed E-state index contributed by atoms with van der Waals surface area (Å²) < 4.78 is 6.02. The van der Waals surface area contributed by atoms with Crippen molar-refractivity contribution in [2.24, 2.45) is 0 Å². The first-order valence-electron chi connectivity index (χ1n) is 6.11. The van der Waals surface area contributed by atoms with Gasteiger partial charge in [-0.1, -0.05) is 24.3 Å². The summed E-state index contributed by atoms with van der Waals surface area (Å²) >= 11 is 0. The van der Waals surface area contributed by atoms with Crippen LogP contribution in [0.5, 0.6) is 11.5 Å². The normalized spacial score (nSPS) is 15.5. The summed E-state index contributed by atoms with van der Waals surface area (Å²) in [5, 5.41) is 9.81. The smallest absolute Gasteiger partial charge is 0.132 e. The number of hydrogen-bond acceptors (Lipinski definition) is 2. The highest BCUT2D eigenvalue weighted by Gasteiger charge is 2.32. The number of phenols is 1. The van der Waals surface area contributed by atoms with Crippen molar-refractivity contribution < 1.29 is 9.84 Å². The number of ether oxygens (including phenoxy) is 1. The molecule has 0 atom stereocenters. The Morgan fingerprint density at radius 1 is 1.06 bits per heavy atom. The molecule has 3 rings (SSSR count). The van der Waals surface area contributed by atoms with Gasteiger partial charge >= 0.3 is 0 Å². The molecule has 2 aromatic carbocycles. The number of benzene rings is 2. The molecule has 0 radical (unpaired) electrons. The van der Waals surface area contributed by atoms with Crippen LogP contribution in [0.15, 0.2) is 36.4 Å². The van der Waals surface area contributed by atoms with Crippen molar-refractivity contribution in [3.8, 4) is 22.6 Å². The Balaban J connectivity index is 2.33. The second-order valence-electron chi connectivity index (χ2n) is 5.29. The maximum Gasteiger partial charge on any atom is 0.132 e. The molecule has 1 aliphatic heterocycles. The Hall–Kier alpha value is -1.96. The largest absolute Gasteiger partial charge is 0.508 e. The van der Waals surface area contributed by atoms with Gasteiger partial charge in [0.2, 0.25) is 0 Å². The molecule has 0 unspecified atom stereocenters. The molecule has 92 valence electrons. The first-order chi connectivity index (χ1) is 8.49. The molecular weight excluding hydrogens is 224 g/mol. The van der Waals surface area contributed by atoms with E-state index >= 15 is 0 Å². The van der Waals surface area contributed by atoms with Crippen LogP contribution in [0, 0.1) is 6.92 Å². The molecule has 0 amide bonds. The Bertz CT molecular complexity index is 627. The third-order valence-electron chi connectivity index (χ3n) is 3.53. The Morgan fingerprint density at radius 2 is 1.78 bits per heavy atom. The maximum absolute atomic E-state index is 9.81. The lowest BCUT2D eigenvalue weighted by Crippen LogP contribution is -2.29. The first kappa shape index (κ1) is 11.1. The molecule has 18 heavy (non-hydrogen) atoms. The fraction of sp³-hybridized carbons (Fsp3) is 0.250. The van der Waals surface area contributed by atoms with Crippen molar-refractivity contribution in [2.75, 3.05) is 0 Å². The van der Waals surface area contributed by atoms with E-state index in [0.29, 0.717) is 0 Å². The molecule has 0 saturated carbocycles. The van der Waals surface area contributed by atoms with Crippen LogP contribution >= 0.6 is 0 Å². The summed E-state index contributed by atoms with van der Waals surface area (Å²) in [4.78, 5) is 0. The van der Waals surface area contributed by atoms with Crippen LogP contribution in [0.25, 0.3) is 11.1 Å². The second kappa shape index (κ2) is 3.52. The summed E-state index contributed by atoms with van der Waals surface area (Å²) in [5.74, 6) is 1.03. The molecule has 0 spiro atoms. The fourth-order valence-corrected chi connectivity index (χ4v) is 2.55. The van der Waals surface area contributed by atoms with Crippen LogP contribution < -0.4 is 4.74 Å². The van der Waals surface area contributed by atoms with Gasteiger partial charge in [-0.05, 0) is 38.0 Å². The molecule has 2 aromatic rings. The third-order valence-corrected chi connectivity index (χ3v) is 3.53. The number of aryl methyl sites for hydroxylation is 1. The van der Waals surface area contributed by atoms with Crippen molar-refractivity contribution >= 4 is 0 Å². The van der Waals surface area contributed by atoms with Crippen LogP contribution in [0.4, 0.5) is 0 Å². The van der Waals surface area contributed by atoms with Gasteiger partial charge in [0.05, 0.1) is 0 Å². The zero-order valence-electron chi connectivity index (χ0n) is 10.8. The summed E-state index contributed by atoms with van der Waals surface area (Å²) in [6.45, 7) is 6.00. The lowest BCUT2D eigenvalue weighted by Gasteiger charge is -2.35. The first-order valence-corrected chi connectivity index (χ1v) is 6.11. The van der Waals surface area contributed by atoms with Gasteiger partial charge in [0.15, 0.2) is 0 Å². The van der Waals surface area contributed by atoms with Gasteiger partial charge in [-0.2, -0.15) is 0 Å². The summed E-state index contributed by atoms with van der Waals surface area (Å²) in [7, 11) is 0. The quantitative estimate of drug-likeness (QED) is 0.754. The Morgan fingerprint density at radius 3 is 2.56 bits per heavy atom. The van der Waals surface area contributed by atoms with Gasteiger partial charge in [-0.25, -0.2) is 0 Å². The van der Waals surface area contributed by atoms with Crippen LogP contribution in [0.2, 0.25) is 0 Å². The van der Waals surface area contributed by atoms with Gasteiger partial charge in [-0.15, -0.1) is 0 Å². The van der Waals surface area contributed by atoms with Gasteiger partial charge < -0.3 is 9.84 Å². The lowest BCUT2D eigenvalue weighted by molar-refractivity contribution is 0.105. The van der Waals surface area contributed by atoms with E-state index in [9.17, 15) is 5.11 Å². The summed E-state index contributed by atoms with van der Waals surface area (Å²) in [6, 6.07) is 12.0. The molecule has 0 bridgehead atoms. The fourth-order valence-electron chi connectivity index (χ4n) is 2.55. The minimum Gasteiger partial charge on any atom is -0.508 e. The zero-order chi connectivity index (χ0) is 12.9. The Kier molecular flexibility index (Phi) is 2.18. The zero-order valence-corrected chi connectivity index (χ0v) is 10.8. The van der Waals surface area contributed by atoms with E-state index < -0.39 is 0 Å². The summed E-state index contributed by atoms with van der Waals surface area (Å²) in [5.41, 5.74) is 3.92.